The Balaban J connectivity index is 1.70. The first-order chi connectivity index (χ1) is 12.9. The van der Waals surface area contributed by atoms with Gasteiger partial charge in [-0.05, 0) is 45.7 Å². The third-order valence-corrected chi connectivity index (χ3v) is 8.18. The van der Waals surface area contributed by atoms with Crippen LogP contribution in [0.2, 0.25) is 0 Å². The molecule has 0 saturated carbocycles. The Kier molecular flexibility index (Phi) is 4.65. The molecule has 3 aromatic heterocycles. The van der Waals surface area contributed by atoms with Crippen LogP contribution in [0.25, 0.3) is 10.4 Å². The van der Waals surface area contributed by atoms with Crippen LogP contribution in [0, 0.1) is 20.8 Å². The summed E-state index contributed by atoms with van der Waals surface area (Å²) in [4.78, 5) is 5.09. The van der Waals surface area contributed by atoms with Crippen molar-refractivity contribution in [1.29, 1.82) is 0 Å². The van der Waals surface area contributed by atoms with Crippen molar-refractivity contribution in [1.82, 2.24) is 19.6 Å². The van der Waals surface area contributed by atoms with E-state index in [4.69, 9.17) is 9.05 Å². The van der Waals surface area contributed by atoms with Gasteiger partial charge in [-0.1, -0.05) is 16.7 Å². The molecule has 27 heavy (non-hydrogen) atoms. The minimum absolute atomic E-state index is 0.292. The zero-order valence-electron chi connectivity index (χ0n) is 15.3. The Morgan fingerprint density at radius 2 is 1.96 bits per heavy atom. The normalized spacial score (nSPS) is 18.9. The highest BCUT2D eigenvalue weighted by Crippen LogP contribution is 2.39. The molecule has 4 rings (SSSR count). The highest BCUT2D eigenvalue weighted by molar-refractivity contribution is 7.91. The van der Waals surface area contributed by atoms with Gasteiger partial charge in [0.1, 0.15) is 16.0 Å². The van der Waals surface area contributed by atoms with Crippen LogP contribution in [0.1, 0.15) is 48.5 Å². The molecule has 4 heterocycles. The van der Waals surface area contributed by atoms with E-state index in [0.717, 1.165) is 29.0 Å². The number of sulfonamides is 1. The second kappa shape index (κ2) is 6.84. The summed E-state index contributed by atoms with van der Waals surface area (Å²) in [6, 6.07) is 3.03. The molecule has 0 radical (unpaired) electrons. The van der Waals surface area contributed by atoms with Gasteiger partial charge in [-0.2, -0.15) is 9.29 Å². The van der Waals surface area contributed by atoms with Gasteiger partial charge in [0.25, 0.3) is 10.0 Å². The zero-order chi connectivity index (χ0) is 19.2. The minimum atomic E-state index is -3.67. The molecule has 0 amide bonds. The molecule has 1 saturated heterocycles. The Morgan fingerprint density at radius 3 is 2.63 bits per heavy atom. The van der Waals surface area contributed by atoms with Crippen LogP contribution in [0.4, 0.5) is 0 Å². The first-order valence-corrected chi connectivity index (χ1v) is 11.0. The molecule has 0 aromatic carbocycles. The minimum Gasteiger partial charge on any atom is -0.361 e. The molecular formula is C17H20N4O4S2. The molecule has 1 aliphatic heterocycles. The van der Waals surface area contributed by atoms with Gasteiger partial charge in [-0.15, -0.1) is 11.3 Å². The quantitative estimate of drug-likeness (QED) is 0.649. The lowest BCUT2D eigenvalue weighted by molar-refractivity contribution is 0.205. The van der Waals surface area contributed by atoms with Gasteiger partial charge in [-0.3, -0.25) is 0 Å². The van der Waals surface area contributed by atoms with Gasteiger partial charge in [-0.25, -0.2) is 8.42 Å². The topological polar surface area (TPSA) is 102 Å². The summed E-state index contributed by atoms with van der Waals surface area (Å²) in [5.74, 6) is 1.54. The lowest BCUT2D eigenvalue weighted by Crippen LogP contribution is -2.38. The summed E-state index contributed by atoms with van der Waals surface area (Å²) < 4.78 is 38.9. The highest BCUT2D eigenvalue weighted by Gasteiger charge is 2.38. The van der Waals surface area contributed by atoms with E-state index >= 15 is 0 Å². The van der Waals surface area contributed by atoms with E-state index in [9.17, 15) is 8.42 Å². The Hall–Kier alpha value is -2.04. The molecule has 8 nitrogen and oxygen atoms in total. The maximum absolute atomic E-state index is 13.3. The number of aryl methyl sites for hydroxylation is 3. The van der Waals surface area contributed by atoms with Gasteiger partial charge in [0, 0.05) is 11.4 Å². The third kappa shape index (κ3) is 3.21. The fourth-order valence-electron chi connectivity index (χ4n) is 3.43. The van der Waals surface area contributed by atoms with Gasteiger partial charge in [0.05, 0.1) is 11.3 Å². The SMILES string of the molecule is Cc1noc(C2CCCCN2S(=O)(=O)c2ccc(-c3c(C)noc3C)s2)n1. The van der Waals surface area contributed by atoms with Gasteiger partial charge < -0.3 is 9.05 Å². The fourth-order valence-corrected chi connectivity index (χ4v) is 6.66. The van der Waals surface area contributed by atoms with Gasteiger partial charge in [0.2, 0.25) is 5.89 Å². The van der Waals surface area contributed by atoms with Crippen molar-refractivity contribution in [3.05, 3.63) is 35.3 Å². The number of hydrogen-bond acceptors (Lipinski definition) is 8. The summed E-state index contributed by atoms with van der Waals surface area (Å²) in [6.07, 6.45) is 2.40. The van der Waals surface area contributed by atoms with Crippen LogP contribution < -0.4 is 0 Å². The summed E-state index contributed by atoms with van der Waals surface area (Å²) in [6.45, 7) is 5.83. The summed E-state index contributed by atoms with van der Waals surface area (Å²) in [7, 11) is -3.67. The maximum atomic E-state index is 13.3. The molecule has 1 fully saturated rings. The van der Waals surface area contributed by atoms with Crippen LogP contribution in [0.5, 0.6) is 0 Å². The molecule has 144 valence electrons. The first kappa shape index (κ1) is 18.3. The third-order valence-electron chi connectivity index (χ3n) is 4.71. The van der Waals surface area contributed by atoms with Crippen molar-refractivity contribution in [2.75, 3.05) is 6.54 Å². The molecule has 10 heteroatoms. The predicted molar refractivity (Wildman–Crippen MR) is 98.8 cm³/mol. The Morgan fingerprint density at radius 1 is 1.15 bits per heavy atom. The molecule has 0 spiro atoms. The standard InChI is InChI=1S/C17H20N4O4S2/c1-10-16(11(2)24-19-10)14-7-8-15(26-14)27(22,23)21-9-5-4-6-13(21)17-18-12(3)20-25-17/h7-8,13H,4-6,9H2,1-3H3. The second-order valence-corrected chi connectivity index (χ2v) is 9.83. The summed E-state index contributed by atoms with van der Waals surface area (Å²) in [5.41, 5.74) is 1.60. The monoisotopic (exact) mass is 408 g/mol. The van der Waals surface area contributed by atoms with Crippen LogP contribution >= 0.6 is 11.3 Å². The Bertz CT molecular complexity index is 1050. The fraction of sp³-hybridized carbons (Fsp3) is 0.471. The smallest absolute Gasteiger partial charge is 0.253 e. The molecule has 1 aliphatic rings. The van der Waals surface area contributed by atoms with E-state index < -0.39 is 16.1 Å². The van der Waals surface area contributed by atoms with Crippen LogP contribution in [-0.2, 0) is 10.0 Å². The van der Waals surface area contributed by atoms with Gasteiger partial charge in [0.15, 0.2) is 5.82 Å². The summed E-state index contributed by atoms with van der Waals surface area (Å²) >= 11 is 1.23. The average molecular weight is 409 g/mol. The van der Waals surface area contributed by atoms with E-state index in [1.54, 1.807) is 19.1 Å². The van der Waals surface area contributed by atoms with E-state index in [-0.39, 0.29) is 0 Å². The highest BCUT2D eigenvalue weighted by atomic mass is 32.2. The molecule has 0 bridgehead atoms. The maximum Gasteiger partial charge on any atom is 0.253 e. The van der Waals surface area contributed by atoms with Crippen LogP contribution in [0.3, 0.4) is 0 Å². The molecular weight excluding hydrogens is 388 g/mol. The second-order valence-electron chi connectivity index (χ2n) is 6.63. The molecule has 1 unspecified atom stereocenters. The molecule has 0 aliphatic carbocycles. The van der Waals surface area contributed by atoms with E-state index in [0.29, 0.717) is 34.7 Å². The Labute approximate surface area is 161 Å². The van der Waals surface area contributed by atoms with E-state index in [1.165, 1.54) is 15.6 Å². The van der Waals surface area contributed by atoms with Crippen molar-refractivity contribution < 1.29 is 17.5 Å². The number of thiophene rings is 1. The number of nitrogens with zero attached hydrogens (tertiary/aromatic N) is 4. The lowest BCUT2D eigenvalue weighted by Gasteiger charge is -2.31. The largest absolute Gasteiger partial charge is 0.361 e. The van der Waals surface area contributed by atoms with Crippen molar-refractivity contribution in [2.24, 2.45) is 0 Å². The first-order valence-electron chi connectivity index (χ1n) is 8.73. The summed E-state index contributed by atoms with van der Waals surface area (Å²) in [5, 5.41) is 7.77. The number of aromatic nitrogens is 3. The predicted octanol–water partition coefficient (Wildman–Crippen LogP) is 3.63. The van der Waals surface area contributed by atoms with E-state index in [2.05, 4.69) is 15.3 Å². The lowest BCUT2D eigenvalue weighted by atomic mass is 10.1. The molecule has 3 aromatic rings. The number of rotatable bonds is 4. The van der Waals surface area contributed by atoms with E-state index in [1.807, 2.05) is 13.8 Å². The van der Waals surface area contributed by atoms with Crippen molar-refractivity contribution >= 4 is 21.4 Å². The number of hydrogen-bond donors (Lipinski definition) is 0. The van der Waals surface area contributed by atoms with Crippen LogP contribution in [0.15, 0.2) is 25.4 Å². The molecule has 0 N–H and O–H groups in total. The average Bonchev–Trinajstić information content (AvgIpc) is 3.36. The molecule has 1 atom stereocenters. The zero-order valence-corrected chi connectivity index (χ0v) is 16.9. The van der Waals surface area contributed by atoms with Crippen molar-refractivity contribution in [3.8, 4) is 10.4 Å². The van der Waals surface area contributed by atoms with Crippen molar-refractivity contribution in [3.63, 3.8) is 0 Å². The number of piperidine rings is 1. The van der Waals surface area contributed by atoms with Crippen LogP contribution in [-0.4, -0.2) is 34.6 Å². The van der Waals surface area contributed by atoms with Crippen molar-refractivity contribution in [2.45, 2.75) is 50.3 Å². The van der Waals surface area contributed by atoms with Gasteiger partial charge >= 0.3 is 0 Å².